The Morgan fingerprint density at radius 3 is 2.40 bits per heavy atom. The molecule has 0 rings (SSSR count). The van der Waals surface area contributed by atoms with Gasteiger partial charge in [0.2, 0.25) is 11.9 Å². The van der Waals surface area contributed by atoms with Crippen molar-refractivity contribution in [2.45, 2.75) is 6.92 Å². The summed E-state index contributed by atoms with van der Waals surface area (Å²) in [6.07, 6.45) is 0. The van der Waals surface area contributed by atoms with Crippen LogP contribution in [0.3, 0.4) is 0 Å². The lowest BCUT2D eigenvalue weighted by atomic mass is 10.7. The summed E-state index contributed by atoms with van der Waals surface area (Å²) in [6.45, 7) is 2.52. The van der Waals surface area contributed by atoms with Crippen LogP contribution in [-0.2, 0) is 0 Å². The van der Waals surface area contributed by atoms with Crippen LogP contribution in [0.25, 0.3) is 0 Å². The van der Waals surface area contributed by atoms with Gasteiger partial charge in [-0.2, -0.15) is 0 Å². The quantitative estimate of drug-likeness (QED) is 0.153. The van der Waals surface area contributed by atoms with Crippen LogP contribution >= 0.6 is 0 Å². The van der Waals surface area contributed by atoms with Crippen molar-refractivity contribution < 1.29 is 0 Å². The highest BCUT2D eigenvalue weighted by Crippen LogP contribution is 1.54. The molecule has 0 unspecified atom stereocenters. The third-order valence-electron chi connectivity index (χ3n) is 0.676. The largest absolute Gasteiger partial charge is 0.369 e. The van der Waals surface area contributed by atoms with Crippen molar-refractivity contribution in [3.05, 3.63) is 0 Å². The average Bonchev–Trinajstić information content (AvgIpc) is 1.85. The van der Waals surface area contributed by atoms with E-state index in [1.165, 1.54) is 0 Å². The molecule has 0 aliphatic carbocycles. The van der Waals surface area contributed by atoms with Gasteiger partial charge in [-0.1, -0.05) is 0 Å². The van der Waals surface area contributed by atoms with Crippen molar-refractivity contribution in [2.75, 3.05) is 6.54 Å². The van der Waals surface area contributed by atoms with Gasteiger partial charge in [-0.25, -0.2) is 0 Å². The second-order valence-electron chi connectivity index (χ2n) is 1.57. The third kappa shape index (κ3) is 4.69. The monoisotopic (exact) mass is 144 g/mol. The molecule has 0 aliphatic rings. The van der Waals surface area contributed by atoms with Gasteiger partial charge in [0.15, 0.2) is 0 Å². The molecule has 6 nitrogen and oxygen atoms in total. The summed E-state index contributed by atoms with van der Waals surface area (Å²) in [7, 11) is 0. The van der Waals surface area contributed by atoms with Crippen molar-refractivity contribution in [3.8, 4) is 0 Å². The topological polar surface area (TPSA) is 110 Å². The minimum atomic E-state index is -0.220. The maximum Gasteiger partial charge on any atom is 0.207 e. The Bertz CT molecular complexity index is 130. The summed E-state index contributed by atoms with van der Waals surface area (Å²) in [4.78, 5) is 0. The number of hydrazine groups is 1. The predicted octanol–water partition coefficient (Wildman–Crippen LogP) is -1.48. The molecule has 0 aromatic heterocycles. The molecule has 0 aliphatic heterocycles. The molecule has 58 valence electrons. The van der Waals surface area contributed by atoms with Gasteiger partial charge in [0, 0.05) is 6.54 Å². The van der Waals surface area contributed by atoms with Crippen LogP contribution in [0, 0.1) is 10.8 Å². The first-order valence-corrected chi connectivity index (χ1v) is 2.85. The standard InChI is InChI=1S/C4H12N6/c1-2-8-4(7)10-9-3(5)6/h2H2,1H3,(H4,5,6,9)(H3,7,8,10). The molecule has 0 aromatic rings. The number of rotatable bonds is 1. The SMILES string of the molecule is CCNC(=N)NNC(=N)N. The molecule has 0 atom stereocenters. The highest BCUT2D eigenvalue weighted by molar-refractivity contribution is 5.81. The predicted molar refractivity (Wildman–Crippen MR) is 39.6 cm³/mol. The normalized spacial score (nSPS) is 8.10. The lowest BCUT2D eigenvalue weighted by Gasteiger charge is -2.08. The van der Waals surface area contributed by atoms with Gasteiger partial charge < -0.3 is 11.1 Å². The maximum atomic E-state index is 7.04. The van der Waals surface area contributed by atoms with E-state index in [4.69, 9.17) is 16.6 Å². The highest BCUT2D eigenvalue weighted by Gasteiger charge is 1.89. The van der Waals surface area contributed by atoms with E-state index in [1.807, 2.05) is 6.92 Å². The summed E-state index contributed by atoms with van der Waals surface area (Å²) >= 11 is 0. The first kappa shape index (κ1) is 8.54. The Kier molecular flexibility index (Phi) is 3.78. The lowest BCUT2D eigenvalue weighted by molar-refractivity contribution is 0.783. The molecular weight excluding hydrogens is 132 g/mol. The Morgan fingerprint density at radius 2 is 2.00 bits per heavy atom. The Labute approximate surface area is 59.2 Å². The van der Waals surface area contributed by atoms with Crippen molar-refractivity contribution in [1.29, 1.82) is 10.8 Å². The van der Waals surface area contributed by atoms with Crippen LogP contribution in [0.15, 0.2) is 0 Å². The van der Waals surface area contributed by atoms with Crippen LogP contribution in [0.1, 0.15) is 6.92 Å². The van der Waals surface area contributed by atoms with Gasteiger partial charge >= 0.3 is 0 Å². The fourth-order valence-corrected chi connectivity index (χ4v) is 0.351. The van der Waals surface area contributed by atoms with Crippen LogP contribution in [0.2, 0.25) is 0 Å². The van der Waals surface area contributed by atoms with Crippen molar-refractivity contribution in [3.63, 3.8) is 0 Å². The van der Waals surface area contributed by atoms with E-state index in [9.17, 15) is 0 Å². The van der Waals surface area contributed by atoms with Crippen molar-refractivity contribution in [1.82, 2.24) is 16.2 Å². The zero-order chi connectivity index (χ0) is 7.98. The van der Waals surface area contributed by atoms with Crippen LogP contribution in [0.4, 0.5) is 0 Å². The van der Waals surface area contributed by atoms with E-state index in [-0.39, 0.29) is 11.9 Å². The van der Waals surface area contributed by atoms with Crippen molar-refractivity contribution >= 4 is 11.9 Å². The molecule has 0 aromatic carbocycles. The van der Waals surface area contributed by atoms with E-state index in [0.717, 1.165) is 0 Å². The lowest BCUT2D eigenvalue weighted by Crippen LogP contribution is -2.49. The van der Waals surface area contributed by atoms with Crippen LogP contribution in [-0.4, -0.2) is 18.5 Å². The molecule has 10 heavy (non-hydrogen) atoms. The number of hydrogen-bond acceptors (Lipinski definition) is 2. The second-order valence-corrected chi connectivity index (χ2v) is 1.57. The molecular formula is C4H12N6. The number of nitrogens with one attached hydrogen (secondary N) is 5. The van der Waals surface area contributed by atoms with E-state index in [1.54, 1.807) is 0 Å². The Morgan fingerprint density at radius 1 is 1.40 bits per heavy atom. The van der Waals surface area contributed by atoms with Gasteiger partial charge in [0.05, 0.1) is 0 Å². The molecule has 0 fully saturated rings. The van der Waals surface area contributed by atoms with Gasteiger partial charge in [-0.3, -0.25) is 21.7 Å². The van der Waals surface area contributed by atoms with Gasteiger partial charge in [-0.15, -0.1) is 0 Å². The molecule has 0 bridgehead atoms. The summed E-state index contributed by atoms with van der Waals surface area (Å²) in [5.41, 5.74) is 9.53. The Hall–Kier alpha value is -1.46. The van der Waals surface area contributed by atoms with Gasteiger partial charge in [0.1, 0.15) is 0 Å². The van der Waals surface area contributed by atoms with Gasteiger partial charge in [0.25, 0.3) is 0 Å². The minimum Gasteiger partial charge on any atom is -0.369 e. The number of nitrogens with two attached hydrogens (primary N) is 1. The summed E-state index contributed by atoms with van der Waals surface area (Å²) < 4.78 is 0. The fraction of sp³-hybridized carbons (Fsp3) is 0.500. The maximum absolute atomic E-state index is 7.04. The summed E-state index contributed by atoms with van der Waals surface area (Å²) in [5.74, 6) is -0.125. The molecule has 0 radical (unpaired) electrons. The molecule has 0 spiro atoms. The molecule has 0 saturated carbocycles. The first-order valence-electron chi connectivity index (χ1n) is 2.85. The molecule has 6 heteroatoms. The second kappa shape index (κ2) is 4.42. The van der Waals surface area contributed by atoms with E-state index in [0.29, 0.717) is 6.54 Å². The van der Waals surface area contributed by atoms with E-state index in [2.05, 4.69) is 16.2 Å². The molecule has 7 N–H and O–H groups in total. The molecule has 0 amide bonds. The molecule has 0 saturated heterocycles. The van der Waals surface area contributed by atoms with Crippen LogP contribution < -0.4 is 21.9 Å². The number of hydrogen-bond donors (Lipinski definition) is 6. The Balaban J connectivity index is 3.30. The highest BCUT2D eigenvalue weighted by atomic mass is 15.4. The number of guanidine groups is 2. The summed E-state index contributed by atoms with van der Waals surface area (Å²) in [6, 6.07) is 0. The van der Waals surface area contributed by atoms with E-state index >= 15 is 0 Å². The molecule has 0 heterocycles. The van der Waals surface area contributed by atoms with Crippen molar-refractivity contribution in [2.24, 2.45) is 5.73 Å². The van der Waals surface area contributed by atoms with E-state index < -0.39 is 0 Å². The fourth-order valence-electron chi connectivity index (χ4n) is 0.351. The third-order valence-corrected chi connectivity index (χ3v) is 0.676. The smallest absolute Gasteiger partial charge is 0.207 e. The zero-order valence-electron chi connectivity index (χ0n) is 5.78. The van der Waals surface area contributed by atoms with Gasteiger partial charge in [-0.05, 0) is 6.92 Å². The zero-order valence-corrected chi connectivity index (χ0v) is 5.78. The van der Waals surface area contributed by atoms with Crippen LogP contribution in [0.5, 0.6) is 0 Å². The minimum absolute atomic E-state index is 0.0951. The first-order chi connectivity index (χ1) is 4.66. The average molecular weight is 144 g/mol. The summed E-state index contributed by atoms with van der Waals surface area (Å²) in [5, 5.41) is 16.4.